The molecule has 2 amide bonds. The maximum Gasteiger partial charge on any atom is 0.255 e. The van der Waals surface area contributed by atoms with Crippen LogP contribution in [0.2, 0.25) is 5.02 Å². The van der Waals surface area contributed by atoms with E-state index in [1.807, 2.05) is 71.0 Å². The number of halogens is 2. The van der Waals surface area contributed by atoms with E-state index in [1.165, 1.54) is 7.05 Å². The Balaban J connectivity index is 0.00000134. The summed E-state index contributed by atoms with van der Waals surface area (Å²) in [5.41, 5.74) is 8.28. The lowest BCUT2D eigenvalue weighted by Gasteiger charge is -2.21. The van der Waals surface area contributed by atoms with E-state index in [0.29, 0.717) is 45.5 Å². The van der Waals surface area contributed by atoms with Gasteiger partial charge in [-0.15, -0.1) is 0 Å². The SMILES string of the molecule is CC.CCC(C)(C)C(=O)NCc1ccc(Cl)c(Nc2nc3ccc(C(=O)Nc4ccc(Br)cc4)cc3[nH]2)c1.CN. The summed E-state index contributed by atoms with van der Waals surface area (Å²) in [6.45, 7) is 10.2. The van der Waals surface area contributed by atoms with Crippen LogP contribution >= 0.6 is 27.5 Å². The third kappa shape index (κ3) is 8.81. The highest BCUT2D eigenvalue weighted by molar-refractivity contribution is 9.10. The number of nitrogens with zero attached hydrogens (tertiary/aromatic N) is 1. The maximum atomic E-state index is 12.7. The Kier molecular flexibility index (Phi) is 12.6. The summed E-state index contributed by atoms with van der Waals surface area (Å²) in [6.07, 6.45) is 0.756. The number of aromatic nitrogens is 2. The molecule has 214 valence electrons. The van der Waals surface area contributed by atoms with Crippen molar-refractivity contribution in [1.29, 1.82) is 0 Å². The Morgan fingerprint density at radius 1 is 1.02 bits per heavy atom. The van der Waals surface area contributed by atoms with Gasteiger partial charge in [-0.2, -0.15) is 0 Å². The third-order valence-corrected chi connectivity index (χ3v) is 6.94. The van der Waals surface area contributed by atoms with Crippen molar-refractivity contribution in [3.8, 4) is 0 Å². The fourth-order valence-corrected chi connectivity index (χ4v) is 3.86. The molecular formula is C30H38BrClN6O2. The van der Waals surface area contributed by atoms with Crippen molar-refractivity contribution < 1.29 is 9.59 Å². The van der Waals surface area contributed by atoms with Gasteiger partial charge in [-0.05, 0) is 73.6 Å². The van der Waals surface area contributed by atoms with Gasteiger partial charge in [0.05, 0.1) is 21.7 Å². The molecule has 0 saturated carbocycles. The number of nitrogens with two attached hydrogens (primary N) is 1. The number of carbonyl (C=O) groups is 2. The fourth-order valence-electron chi connectivity index (χ4n) is 3.43. The van der Waals surface area contributed by atoms with Gasteiger partial charge < -0.3 is 26.7 Å². The maximum absolute atomic E-state index is 12.7. The summed E-state index contributed by atoms with van der Waals surface area (Å²) in [4.78, 5) is 32.9. The molecule has 8 nitrogen and oxygen atoms in total. The number of aromatic amines is 1. The zero-order chi connectivity index (χ0) is 29.9. The van der Waals surface area contributed by atoms with Crippen LogP contribution in [-0.4, -0.2) is 28.8 Å². The number of fused-ring (bicyclic) bond motifs is 1. The number of hydrogen-bond donors (Lipinski definition) is 5. The van der Waals surface area contributed by atoms with Crippen LogP contribution in [-0.2, 0) is 11.3 Å². The van der Waals surface area contributed by atoms with Gasteiger partial charge in [0.15, 0.2) is 0 Å². The van der Waals surface area contributed by atoms with E-state index < -0.39 is 5.41 Å². The molecule has 4 aromatic rings. The van der Waals surface area contributed by atoms with Gasteiger partial charge in [-0.25, -0.2) is 4.98 Å². The summed E-state index contributed by atoms with van der Waals surface area (Å²) in [6, 6.07) is 18.2. The average molecular weight is 630 g/mol. The molecule has 0 saturated heterocycles. The molecule has 6 N–H and O–H groups in total. The minimum Gasteiger partial charge on any atom is -0.352 e. The Bertz CT molecular complexity index is 1420. The van der Waals surface area contributed by atoms with E-state index in [9.17, 15) is 9.59 Å². The van der Waals surface area contributed by atoms with E-state index in [2.05, 4.69) is 47.6 Å². The highest BCUT2D eigenvalue weighted by Crippen LogP contribution is 2.27. The van der Waals surface area contributed by atoms with Gasteiger partial charge in [0, 0.05) is 27.7 Å². The lowest BCUT2D eigenvalue weighted by atomic mass is 9.89. The van der Waals surface area contributed by atoms with Gasteiger partial charge in [-0.1, -0.05) is 68.2 Å². The first-order chi connectivity index (χ1) is 19.1. The highest BCUT2D eigenvalue weighted by Gasteiger charge is 2.24. The molecule has 10 heteroatoms. The van der Waals surface area contributed by atoms with E-state index in [1.54, 1.807) is 24.3 Å². The van der Waals surface area contributed by atoms with Gasteiger partial charge in [0.1, 0.15) is 0 Å². The molecule has 0 fully saturated rings. The number of carbonyl (C=O) groups excluding carboxylic acids is 2. The standard InChI is InChI=1S/C27H27BrClN5O2.C2H6.CH5N/c1-4-27(2,3)25(36)30-15-16-5-11-20(29)22(13-16)33-26-32-21-12-6-17(14-23(21)34-26)24(35)31-19-9-7-18(28)8-10-19;2*1-2/h5-14H,4,15H2,1-3H3,(H,30,36)(H,31,35)(H2,32,33,34);1-2H3;2H2,1H3. The van der Waals surface area contributed by atoms with E-state index in [0.717, 1.165) is 16.5 Å². The summed E-state index contributed by atoms with van der Waals surface area (Å²) in [5.74, 6) is 0.282. The van der Waals surface area contributed by atoms with Crippen molar-refractivity contribution in [2.45, 2.75) is 47.6 Å². The minimum atomic E-state index is -0.421. The van der Waals surface area contributed by atoms with Gasteiger partial charge in [-0.3, -0.25) is 9.59 Å². The molecule has 0 aliphatic carbocycles. The van der Waals surface area contributed by atoms with Crippen molar-refractivity contribution in [3.05, 3.63) is 81.3 Å². The predicted octanol–water partition coefficient (Wildman–Crippen LogP) is 7.63. The quantitative estimate of drug-likeness (QED) is 0.137. The van der Waals surface area contributed by atoms with Crippen molar-refractivity contribution in [1.82, 2.24) is 15.3 Å². The van der Waals surface area contributed by atoms with Crippen molar-refractivity contribution in [2.24, 2.45) is 11.1 Å². The Labute approximate surface area is 249 Å². The van der Waals surface area contributed by atoms with Crippen LogP contribution in [0, 0.1) is 5.41 Å². The van der Waals surface area contributed by atoms with Crippen LogP contribution in [0.1, 0.15) is 57.0 Å². The molecule has 0 spiro atoms. The van der Waals surface area contributed by atoms with Crippen molar-refractivity contribution in [2.75, 3.05) is 17.7 Å². The first-order valence-electron chi connectivity index (χ1n) is 13.1. The molecule has 0 atom stereocenters. The van der Waals surface area contributed by atoms with Crippen LogP contribution in [0.3, 0.4) is 0 Å². The number of benzene rings is 3. The molecule has 40 heavy (non-hydrogen) atoms. The van der Waals surface area contributed by atoms with E-state index >= 15 is 0 Å². The number of rotatable bonds is 8. The average Bonchev–Trinajstić information content (AvgIpc) is 3.38. The molecule has 1 aromatic heterocycles. The Morgan fingerprint density at radius 3 is 2.35 bits per heavy atom. The monoisotopic (exact) mass is 628 g/mol. The van der Waals surface area contributed by atoms with Crippen LogP contribution in [0.15, 0.2) is 65.1 Å². The number of amides is 2. The zero-order valence-electron chi connectivity index (χ0n) is 23.8. The minimum absolute atomic E-state index is 0.00622. The Hall–Kier alpha value is -3.40. The van der Waals surface area contributed by atoms with Crippen LogP contribution in [0.4, 0.5) is 17.3 Å². The van der Waals surface area contributed by atoms with Gasteiger partial charge in [0.2, 0.25) is 11.9 Å². The summed E-state index contributed by atoms with van der Waals surface area (Å²) >= 11 is 9.80. The second-order valence-corrected chi connectivity index (χ2v) is 10.5. The van der Waals surface area contributed by atoms with Crippen molar-refractivity contribution in [3.63, 3.8) is 0 Å². The Morgan fingerprint density at radius 2 is 1.70 bits per heavy atom. The number of imidazole rings is 1. The molecule has 1 heterocycles. The molecule has 0 unspecified atom stereocenters. The molecule has 0 aliphatic heterocycles. The van der Waals surface area contributed by atoms with Gasteiger partial charge >= 0.3 is 0 Å². The zero-order valence-corrected chi connectivity index (χ0v) is 26.1. The smallest absolute Gasteiger partial charge is 0.255 e. The lowest BCUT2D eigenvalue weighted by Crippen LogP contribution is -2.35. The van der Waals surface area contributed by atoms with Crippen LogP contribution in [0.5, 0.6) is 0 Å². The molecule has 4 rings (SSSR count). The number of anilines is 3. The third-order valence-electron chi connectivity index (χ3n) is 6.08. The van der Waals surface area contributed by atoms with E-state index in [4.69, 9.17) is 11.6 Å². The highest BCUT2D eigenvalue weighted by atomic mass is 79.9. The molecule has 0 aliphatic rings. The topological polar surface area (TPSA) is 125 Å². The number of H-pyrrole nitrogens is 1. The second-order valence-electron chi connectivity index (χ2n) is 9.14. The first kappa shape index (κ1) is 32.8. The molecule has 0 radical (unpaired) electrons. The molecule has 0 bridgehead atoms. The van der Waals surface area contributed by atoms with Crippen LogP contribution < -0.4 is 21.7 Å². The largest absolute Gasteiger partial charge is 0.352 e. The van der Waals surface area contributed by atoms with Crippen LogP contribution in [0.25, 0.3) is 11.0 Å². The summed E-state index contributed by atoms with van der Waals surface area (Å²) < 4.78 is 0.940. The summed E-state index contributed by atoms with van der Waals surface area (Å²) in [5, 5.41) is 9.60. The molecular weight excluding hydrogens is 592 g/mol. The summed E-state index contributed by atoms with van der Waals surface area (Å²) in [7, 11) is 1.50. The number of nitrogens with one attached hydrogen (secondary N) is 4. The number of hydrogen-bond acceptors (Lipinski definition) is 5. The van der Waals surface area contributed by atoms with Crippen molar-refractivity contribution >= 4 is 67.7 Å². The van der Waals surface area contributed by atoms with Gasteiger partial charge in [0.25, 0.3) is 5.91 Å². The van der Waals surface area contributed by atoms with E-state index in [-0.39, 0.29) is 11.8 Å². The fraction of sp³-hybridized carbons (Fsp3) is 0.300. The normalized spacial score (nSPS) is 10.5. The first-order valence-corrected chi connectivity index (χ1v) is 14.3. The lowest BCUT2D eigenvalue weighted by molar-refractivity contribution is -0.129. The second kappa shape index (κ2) is 15.4. The molecule has 3 aromatic carbocycles. The predicted molar refractivity (Wildman–Crippen MR) is 170 cm³/mol.